The van der Waals surface area contributed by atoms with E-state index >= 15 is 0 Å². The van der Waals surface area contributed by atoms with Crippen LogP contribution in [0.15, 0.2) is 30.3 Å². The lowest BCUT2D eigenvalue weighted by Crippen LogP contribution is -2.47. The number of nitrogens with zero attached hydrogens (tertiary/aromatic N) is 1. The van der Waals surface area contributed by atoms with Crippen molar-refractivity contribution >= 4 is 6.03 Å². The molecule has 0 radical (unpaired) electrons. The summed E-state index contributed by atoms with van der Waals surface area (Å²) in [5.74, 6) is 0.664. The highest BCUT2D eigenvalue weighted by atomic mass is 16.5. The zero-order chi connectivity index (χ0) is 15.4. The van der Waals surface area contributed by atoms with Crippen LogP contribution in [0.25, 0.3) is 0 Å². The van der Waals surface area contributed by atoms with Gasteiger partial charge < -0.3 is 15.0 Å². The van der Waals surface area contributed by atoms with Crippen LogP contribution < -0.4 is 5.32 Å². The fraction of sp³-hybridized carbons (Fsp3) is 0.611. The van der Waals surface area contributed by atoms with Crippen molar-refractivity contribution in [1.29, 1.82) is 0 Å². The fourth-order valence-corrected chi connectivity index (χ4v) is 3.12. The molecule has 4 heteroatoms. The van der Waals surface area contributed by atoms with Gasteiger partial charge in [0.1, 0.15) is 0 Å². The molecular weight excluding hydrogens is 276 g/mol. The number of carbonyl (C=O) groups excluding carboxylic acids is 1. The molecule has 1 N–H and O–H groups in total. The molecule has 4 nitrogen and oxygen atoms in total. The van der Waals surface area contributed by atoms with Crippen molar-refractivity contribution in [3.05, 3.63) is 35.9 Å². The first-order valence-electron chi connectivity index (χ1n) is 8.44. The maximum atomic E-state index is 12.6. The molecule has 2 fully saturated rings. The lowest BCUT2D eigenvalue weighted by Gasteiger charge is -2.30. The minimum atomic E-state index is 0.0405. The van der Waals surface area contributed by atoms with E-state index in [4.69, 9.17) is 4.74 Å². The Morgan fingerprint density at radius 2 is 2.09 bits per heavy atom. The Kier molecular flexibility index (Phi) is 4.98. The van der Waals surface area contributed by atoms with Crippen molar-refractivity contribution in [2.24, 2.45) is 5.92 Å². The van der Waals surface area contributed by atoms with Gasteiger partial charge in [-0.05, 0) is 44.1 Å². The standard InChI is InChI=1S/C18H26N2O2/c1-14(16-9-10-16)20(13-15-6-3-2-4-7-15)18(21)19-12-17-8-5-11-22-17/h2-4,6-7,14,16-17H,5,8-13H2,1H3,(H,19,21)/t14-,17+/m0/s1. The van der Waals surface area contributed by atoms with E-state index < -0.39 is 0 Å². The number of ether oxygens (including phenoxy) is 1. The van der Waals surface area contributed by atoms with Crippen LogP contribution in [-0.4, -0.2) is 36.2 Å². The molecule has 1 aliphatic heterocycles. The first kappa shape index (κ1) is 15.3. The molecular formula is C18H26N2O2. The highest BCUT2D eigenvalue weighted by Crippen LogP contribution is 2.35. The second-order valence-electron chi connectivity index (χ2n) is 6.51. The maximum Gasteiger partial charge on any atom is 0.318 e. The molecule has 1 aliphatic carbocycles. The molecule has 22 heavy (non-hydrogen) atoms. The highest BCUT2D eigenvalue weighted by molar-refractivity contribution is 5.74. The van der Waals surface area contributed by atoms with Gasteiger partial charge in [0.15, 0.2) is 0 Å². The number of benzene rings is 1. The number of rotatable bonds is 6. The van der Waals surface area contributed by atoms with Gasteiger partial charge >= 0.3 is 6.03 Å². The largest absolute Gasteiger partial charge is 0.376 e. The molecule has 0 spiro atoms. The summed E-state index contributed by atoms with van der Waals surface area (Å²) in [6.07, 6.45) is 4.83. The summed E-state index contributed by atoms with van der Waals surface area (Å²) in [6.45, 7) is 4.30. The average molecular weight is 302 g/mol. The van der Waals surface area contributed by atoms with Crippen LogP contribution in [0.1, 0.15) is 38.2 Å². The Hall–Kier alpha value is -1.55. The summed E-state index contributed by atoms with van der Waals surface area (Å²) >= 11 is 0. The first-order valence-corrected chi connectivity index (χ1v) is 8.44. The van der Waals surface area contributed by atoms with E-state index in [1.165, 1.54) is 18.4 Å². The van der Waals surface area contributed by atoms with Crippen LogP contribution in [0.4, 0.5) is 4.79 Å². The minimum absolute atomic E-state index is 0.0405. The number of urea groups is 1. The van der Waals surface area contributed by atoms with Crippen molar-refractivity contribution < 1.29 is 9.53 Å². The smallest absolute Gasteiger partial charge is 0.318 e. The van der Waals surface area contributed by atoms with E-state index in [-0.39, 0.29) is 12.1 Å². The number of hydrogen-bond acceptors (Lipinski definition) is 2. The van der Waals surface area contributed by atoms with E-state index in [0.717, 1.165) is 19.4 Å². The summed E-state index contributed by atoms with van der Waals surface area (Å²) < 4.78 is 5.59. The molecule has 0 unspecified atom stereocenters. The Morgan fingerprint density at radius 3 is 2.73 bits per heavy atom. The quantitative estimate of drug-likeness (QED) is 0.877. The van der Waals surface area contributed by atoms with Gasteiger partial charge in [-0.2, -0.15) is 0 Å². The van der Waals surface area contributed by atoms with Crippen LogP contribution >= 0.6 is 0 Å². The van der Waals surface area contributed by atoms with E-state index in [1.54, 1.807) is 0 Å². The first-order chi connectivity index (χ1) is 10.7. The van der Waals surface area contributed by atoms with Gasteiger partial charge in [-0.3, -0.25) is 0 Å². The predicted molar refractivity (Wildman–Crippen MR) is 86.5 cm³/mol. The molecule has 1 aromatic carbocycles. The molecule has 1 heterocycles. The van der Waals surface area contributed by atoms with Crippen molar-refractivity contribution in [1.82, 2.24) is 10.2 Å². The lowest BCUT2D eigenvalue weighted by molar-refractivity contribution is 0.106. The highest BCUT2D eigenvalue weighted by Gasteiger charge is 2.34. The van der Waals surface area contributed by atoms with Crippen molar-refractivity contribution in [2.45, 2.75) is 51.3 Å². The van der Waals surface area contributed by atoms with E-state index in [9.17, 15) is 4.79 Å². The second kappa shape index (κ2) is 7.14. The maximum absolute atomic E-state index is 12.6. The van der Waals surface area contributed by atoms with Gasteiger partial charge in [0.25, 0.3) is 0 Å². The summed E-state index contributed by atoms with van der Waals surface area (Å²) in [6, 6.07) is 10.6. The van der Waals surface area contributed by atoms with Gasteiger partial charge in [0.05, 0.1) is 6.10 Å². The summed E-state index contributed by atoms with van der Waals surface area (Å²) in [4.78, 5) is 14.6. The van der Waals surface area contributed by atoms with E-state index in [2.05, 4.69) is 24.4 Å². The van der Waals surface area contributed by atoms with Crippen LogP contribution in [0.3, 0.4) is 0 Å². The molecule has 3 rings (SSSR count). The molecule has 1 saturated carbocycles. The van der Waals surface area contributed by atoms with Gasteiger partial charge in [-0.25, -0.2) is 4.79 Å². The van der Waals surface area contributed by atoms with Crippen LogP contribution in [0.5, 0.6) is 0 Å². The summed E-state index contributed by atoms with van der Waals surface area (Å²) in [5, 5.41) is 3.07. The predicted octanol–water partition coefficient (Wildman–Crippen LogP) is 3.18. The Morgan fingerprint density at radius 1 is 1.32 bits per heavy atom. The Bertz CT molecular complexity index is 481. The zero-order valence-electron chi connectivity index (χ0n) is 13.3. The minimum Gasteiger partial charge on any atom is -0.376 e. The molecule has 120 valence electrons. The topological polar surface area (TPSA) is 41.6 Å². The molecule has 2 amide bonds. The Labute approximate surface area is 132 Å². The SMILES string of the molecule is C[C@@H](C1CC1)N(Cc1ccccc1)C(=O)NC[C@H]1CCCO1. The lowest BCUT2D eigenvalue weighted by atomic mass is 10.1. The van der Waals surface area contributed by atoms with Crippen molar-refractivity contribution in [3.8, 4) is 0 Å². The molecule has 0 aromatic heterocycles. The van der Waals surface area contributed by atoms with Gasteiger partial charge in [0.2, 0.25) is 0 Å². The molecule has 1 aromatic rings. The third kappa shape index (κ3) is 4.01. The molecule has 0 bridgehead atoms. The fourth-order valence-electron chi connectivity index (χ4n) is 3.12. The van der Waals surface area contributed by atoms with E-state index in [1.807, 2.05) is 23.1 Å². The Balaban J connectivity index is 1.60. The number of amides is 2. The third-order valence-electron chi connectivity index (χ3n) is 4.76. The van der Waals surface area contributed by atoms with Crippen LogP contribution in [-0.2, 0) is 11.3 Å². The van der Waals surface area contributed by atoms with Crippen molar-refractivity contribution in [3.63, 3.8) is 0 Å². The zero-order valence-corrected chi connectivity index (χ0v) is 13.3. The second-order valence-corrected chi connectivity index (χ2v) is 6.51. The third-order valence-corrected chi connectivity index (χ3v) is 4.76. The summed E-state index contributed by atoms with van der Waals surface area (Å²) in [7, 11) is 0. The summed E-state index contributed by atoms with van der Waals surface area (Å²) in [5.41, 5.74) is 1.18. The monoisotopic (exact) mass is 302 g/mol. The molecule has 2 aliphatic rings. The van der Waals surface area contributed by atoms with E-state index in [0.29, 0.717) is 25.0 Å². The van der Waals surface area contributed by atoms with Crippen LogP contribution in [0.2, 0.25) is 0 Å². The van der Waals surface area contributed by atoms with Crippen molar-refractivity contribution in [2.75, 3.05) is 13.2 Å². The molecule has 1 saturated heterocycles. The van der Waals surface area contributed by atoms with Gasteiger partial charge in [0, 0.05) is 25.7 Å². The normalized spacial score (nSPS) is 22.3. The van der Waals surface area contributed by atoms with Gasteiger partial charge in [-0.1, -0.05) is 30.3 Å². The molecule has 2 atom stereocenters. The van der Waals surface area contributed by atoms with Crippen LogP contribution in [0, 0.1) is 5.92 Å². The van der Waals surface area contributed by atoms with Gasteiger partial charge in [-0.15, -0.1) is 0 Å². The average Bonchev–Trinajstić information content (AvgIpc) is 3.27. The number of carbonyl (C=O) groups is 1. The number of nitrogens with one attached hydrogen (secondary N) is 1. The number of hydrogen-bond donors (Lipinski definition) is 1.